The van der Waals surface area contributed by atoms with Gasteiger partial charge in [0.2, 0.25) is 0 Å². The van der Waals surface area contributed by atoms with E-state index in [1.165, 1.54) is 5.56 Å². The molecule has 1 aromatic carbocycles. The first-order chi connectivity index (χ1) is 7.36. The third-order valence-corrected chi connectivity index (χ3v) is 2.62. The zero-order chi connectivity index (χ0) is 10.9. The van der Waals surface area contributed by atoms with Crippen molar-refractivity contribution in [2.45, 2.75) is 32.6 Å². The summed E-state index contributed by atoms with van der Waals surface area (Å²) in [5.41, 5.74) is 1.33. The molecule has 0 N–H and O–H groups in total. The summed E-state index contributed by atoms with van der Waals surface area (Å²) in [5.74, 6) is 1.74. The molecular weight excluding hydrogens is 208 g/mol. The Morgan fingerprint density at radius 3 is 2.80 bits per heavy atom. The molecule has 15 heavy (non-hydrogen) atoms. The van der Waals surface area contributed by atoms with Crippen LogP contribution in [0.2, 0.25) is 0 Å². The van der Waals surface area contributed by atoms with Crippen LogP contribution >= 0.6 is 11.6 Å². The number of halogens is 1. The fraction of sp³-hybridized carbons (Fsp3) is 0.538. The van der Waals surface area contributed by atoms with Crippen molar-refractivity contribution in [2.75, 3.05) is 12.5 Å². The summed E-state index contributed by atoms with van der Waals surface area (Å²) in [6.07, 6.45) is 4.38. The topological polar surface area (TPSA) is 9.23 Å². The van der Waals surface area contributed by atoms with Crippen LogP contribution in [0.4, 0.5) is 0 Å². The summed E-state index contributed by atoms with van der Waals surface area (Å²) < 4.78 is 5.65. The smallest absolute Gasteiger partial charge is 0.119 e. The van der Waals surface area contributed by atoms with Gasteiger partial charge in [0.25, 0.3) is 0 Å². The minimum absolute atomic E-state index is 0.755. The van der Waals surface area contributed by atoms with Gasteiger partial charge in [0.1, 0.15) is 5.75 Å². The number of hydrogen-bond donors (Lipinski definition) is 0. The molecule has 1 aromatic rings. The molecule has 0 aliphatic rings. The van der Waals surface area contributed by atoms with Crippen molar-refractivity contribution in [3.8, 4) is 5.75 Å². The Hall–Kier alpha value is -0.690. The Morgan fingerprint density at radius 2 is 2.07 bits per heavy atom. The minimum Gasteiger partial charge on any atom is -0.494 e. The van der Waals surface area contributed by atoms with E-state index in [0.717, 1.165) is 43.9 Å². The number of benzene rings is 1. The number of ether oxygens (including phenoxy) is 1. The SMILES string of the molecule is CCc1cccc(OCCCCCCl)c1. The quantitative estimate of drug-likeness (QED) is 0.504. The van der Waals surface area contributed by atoms with E-state index in [4.69, 9.17) is 16.3 Å². The highest BCUT2D eigenvalue weighted by atomic mass is 35.5. The highest BCUT2D eigenvalue weighted by Crippen LogP contribution is 2.14. The lowest BCUT2D eigenvalue weighted by Gasteiger charge is -2.06. The molecule has 0 radical (unpaired) electrons. The van der Waals surface area contributed by atoms with E-state index < -0.39 is 0 Å². The summed E-state index contributed by atoms with van der Waals surface area (Å²) in [5, 5.41) is 0. The fourth-order valence-electron chi connectivity index (χ4n) is 1.42. The second-order valence-electron chi connectivity index (χ2n) is 3.60. The number of alkyl halides is 1. The van der Waals surface area contributed by atoms with E-state index in [1.54, 1.807) is 0 Å². The summed E-state index contributed by atoms with van der Waals surface area (Å²) in [6.45, 7) is 2.95. The lowest BCUT2D eigenvalue weighted by molar-refractivity contribution is 0.306. The fourth-order valence-corrected chi connectivity index (χ4v) is 1.61. The van der Waals surface area contributed by atoms with E-state index in [1.807, 2.05) is 12.1 Å². The Morgan fingerprint density at radius 1 is 1.20 bits per heavy atom. The molecule has 0 saturated heterocycles. The van der Waals surface area contributed by atoms with Gasteiger partial charge in [-0.25, -0.2) is 0 Å². The molecule has 84 valence electrons. The third-order valence-electron chi connectivity index (χ3n) is 2.35. The first-order valence-electron chi connectivity index (χ1n) is 5.64. The van der Waals surface area contributed by atoms with E-state index in [0.29, 0.717) is 0 Å². The molecule has 0 aliphatic carbocycles. The Bertz CT molecular complexity index is 273. The molecule has 0 spiro atoms. The van der Waals surface area contributed by atoms with Crippen LogP contribution in [0.15, 0.2) is 24.3 Å². The maximum Gasteiger partial charge on any atom is 0.119 e. The molecule has 2 heteroatoms. The summed E-state index contributed by atoms with van der Waals surface area (Å²) in [7, 11) is 0. The van der Waals surface area contributed by atoms with E-state index in [9.17, 15) is 0 Å². The zero-order valence-corrected chi connectivity index (χ0v) is 10.1. The Kier molecular flexibility index (Phi) is 6.26. The van der Waals surface area contributed by atoms with Crippen LogP contribution in [0, 0.1) is 0 Å². The van der Waals surface area contributed by atoms with Crippen molar-refractivity contribution in [3.05, 3.63) is 29.8 Å². The molecule has 0 fully saturated rings. The monoisotopic (exact) mass is 226 g/mol. The van der Waals surface area contributed by atoms with Crippen molar-refractivity contribution < 1.29 is 4.74 Å². The van der Waals surface area contributed by atoms with Crippen molar-refractivity contribution in [1.82, 2.24) is 0 Å². The van der Waals surface area contributed by atoms with Crippen LogP contribution < -0.4 is 4.74 Å². The van der Waals surface area contributed by atoms with Crippen LogP contribution in [0.3, 0.4) is 0 Å². The predicted molar refractivity (Wildman–Crippen MR) is 65.9 cm³/mol. The molecule has 0 atom stereocenters. The third kappa shape index (κ3) is 5.08. The molecule has 0 amide bonds. The molecule has 0 aromatic heterocycles. The maximum absolute atomic E-state index is 5.65. The average molecular weight is 227 g/mol. The molecule has 0 heterocycles. The highest BCUT2D eigenvalue weighted by molar-refractivity contribution is 6.17. The van der Waals surface area contributed by atoms with Gasteiger partial charge in [-0.15, -0.1) is 11.6 Å². The Labute approximate surface area is 97.4 Å². The molecule has 1 rings (SSSR count). The summed E-state index contributed by atoms with van der Waals surface area (Å²) >= 11 is 5.60. The lowest BCUT2D eigenvalue weighted by atomic mass is 10.2. The highest BCUT2D eigenvalue weighted by Gasteiger charge is 1.95. The van der Waals surface area contributed by atoms with E-state index in [-0.39, 0.29) is 0 Å². The van der Waals surface area contributed by atoms with Gasteiger partial charge in [0.05, 0.1) is 6.61 Å². The van der Waals surface area contributed by atoms with Crippen molar-refractivity contribution in [3.63, 3.8) is 0 Å². The second-order valence-corrected chi connectivity index (χ2v) is 3.98. The van der Waals surface area contributed by atoms with Crippen LogP contribution in [-0.2, 0) is 6.42 Å². The largest absolute Gasteiger partial charge is 0.494 e. The molecular formula is C13H19ClO. The van der Waals surface area contributed by atoms with Crippen LogP contribution in [0.5, 0.6) is 5.75 Å². The van der Waals surface area contributed by atoms with Gasteiger partial charge in [0.15, 0.2) is 0 Å². The van der Waals surface area contributed by atoms with Gasteiger partial charge in [-0.3, -0.25) is 0 Å². The van der Waals surface area contributed by atoms with Crippen molar-refractivity contribution >= 4 is 11.6 Å². The van der Waals surface area contributed by atoms with Crippen LogP contribution in [-0.4, -0.2) is 12.5 Å². The van der Waals surface area contributed by atoms with Crippen molar-refractivity contribution in [2.24, 2.45) is 0 Å². The molecule has 0 aliphatic heterocycles. The normalized spacial score (nSPS) is 10.3. The van der Waals surface area contributed by atoms with Crippen LogP contribution in [0.1, 0.15) is 31.7 Å². The minimum atomic E-state index is 0.755. The van der Waals surface area contributed by atoms with E-state index >= 15 is 0 Å². The number of unbranched alkanes of at least 4 members (excludes halogenated alkanes) is 2. The van der Waals surface area contributed by atoms with Gasteiger partial charge in [-0.2, -0.15) is 0 Å². The maximum atomic E-state index is 5.65. The van der Waals surface area contributed by atoms with Gasteiger partial charge >= 0.3 is 0 Å². The average Bonchev–Trinajstić information content (AvgIpc) is 2.29. The molecule has 0 saturated carbocycles. The standard InChI is InChI=1S/C13H19ClO/c1-2-12-7-6-8-13(11-12)15-10-5-3-4-9-14/h6-8,11H,2-5,9-10H2,1H3. The van der Waals surface area contributed by atoms with Gasteiger partial charge in [0, 0.05) is 5.88 Å². The van der Waals surface area contributed by atoms with E-state index in [2.05, 4.69) is 19.1 Å². The first-order valence-corrected chi connectivity index (χ1v) is 6.18. The molecule has 0 unspecified atom stereocenters. The predicted octanol–water partition coefficient (Wildman–Crippen LogP) is 4.04. The number of aryl methyl sites for hydroxylation is 1. The van der Waals surface area contributed by atoms with Crippen molar-refractivity contribution in [1.29, 1.82) is 0 Å². The first kappa shape index (κ1) is 12.4. The zero-order valence-electron chi connectivity index (χ0n) is 9.34. The van der Waals surface area contributed by atoms with Gasteiger partial charge < -0.3 is 4.74 Å². The van der Waals surface area contributed by atoms with Gasteiger partial charge in [-0.1, -0.05) is 19.1 Å². The summed E-state index contributed by atoms with van der Waals surface area (Å²) in [4.78, 5) is 0. The number of rotatable bonds is 7. The molecule has 1 nitrogen and oxygen atoms in total. The number of hydrogen-bond acceptors (Lipinski definition) is 1. The summed E-state index contributed by atoms with van der Waals surface area (Å²) in [6, 6.07) is 8.30. The Balaban J connectivity index is 2.24. The second kappa shape index (κ2) is 7.58. The van der Waals surface area contributed by atoms with Gasteiger partial charge in [-0.05, 0) is 43.4 Å². The molecule has 0 bridgehead atoms. The lowest BCUT2D eigenvalue weighted by Crippen LogP contribution is -1.97. The van der Waals surface area contributed by atoms with Crippen LogP contribution in [0.25, 0.3) is 0 Å².